The summed E-state index contributed by atoms with van der Waals surface area (Å²) in [5.74, 6) is 0.904. The van der Waals surface area contributed by atoms with Crippen LogP contribution in [0.5, 0.6) is 5.75 Å². The van der Waals surface area contributed by atoms with Crippen molar-refractivity contribution in [3.05, 3.63) is 59.7 Å². The minimum Gasteiger partial charge on any atom is -0.494 e. The maximum atomic E-state index is 8.92. The Labute approximate surface area is 126 Å². The Kier molecular flexibility index (Phi) is 5.64. The number of aliphatic hydroxyl groups excluding tert-OH is 1. The van der Waals surface area contributed by atoms with Gasteiger partial charge in [0.05, 0.1) is 6.61 Å². The van der Waals surface area contributed by atoms with Crippen molar-refractivity contribution in [1.29, 1.82) is 0 Å². The molecule has 0 bridgehead atoms. The molecule has 112 valence electrons. The number of hydrogen-bond donors (Lipinski definition) is 2. The van der Waals surface area contributed by atoms with Gasteiger partial charge < -0.3 is 15.2 Å². The van der Waals surface area contributed by atoms with E-state index in [1.807, 2.05) is 31.2 Å². The van der Waals surface area contributed by atoms with E-state index in [0.717, 1.165) is 17.0 Å². The zero-order valence-corrected chi connectivity index (χ0v) is 12.7. The highest BCUT2D eigenvalue weighted by atomic mass is 16.5. The summed E-state index contributed by atoms with van der Waals surface area (Å²) < 4.78 is 5.45. The van der Waals surface area contributed by atoms with Crippen molar-refractivity contribution < 1.29 is 9.84 Å². The van der Waals surface area contributed by atoms with Crippen LogP contribution in [0.2, 0.25) is 0 Å². The first kappa shape index (κ1) is 15.4. The van der Waals surface area contributed by atoms with E-state index in [1.165, 1.54) is 5.56 Å². The van der Waals surface area contributed by atoms with Gasteiger partial charge in [-0.2, -0.15) is 0 Å². The van der Waals surface area contributed by atoms with Crippen LogP contribution in [0.3, 0.4) is 0 Å². The van der Waals surface area contributed by atoms with Gasteiger partial charge >= 0.3 is 0 Å². The number of anilines is 1. The summed E-state index contributed by atoms with van der Waals surface area (Å²) in [6.07, 6.45) is 0.703. The molecule has 3 heteroatoms. The van der Waals surface area contributed by atoms with Crippen molar-refractivity contribution in [3.8, 4) is 5.75 Å². The van der Waals surface area contributed by atoms with E-state index in [9.17, 15) is 0 Å². The van der Waals surface area contributed by atoms with Crippen LogP contribution in [-0.2, 0) is 6.42 Å². The molecule has 1 atom stereocenters. The second-order valence-corrected chi connectivity index (χ2v) is 5.04. The van der Waals surface area contributed by atoms with E-state index in [-0.39, 0.29) is 12.6 Å². The first-order valence-electron chi connectivity index (χ1n) is 7.42. The van der Waals surface area contributed by atoms with Gasteiger partial charge in [-0.25, -0.2) is 0 Å². The first-order chi connectivity index (χ1) is 10.2. The molecule has 0 amide bonds. The molecule has 2 aromatic rings. The number of aliphatic hydroxyl groups is 1. The topological polar surface area (TPSA) is 41.5 Å². The van der Waals surface area contributed by atoms with Crippen molar-refractivity contribution in [2.75, 3.05) is 18.5 Å². The molecule has 0 saturated heterocycles. The number of nitrogens with one attached hydrogen (secondary N) is 1. The predicted octanol–water partition coefficient (Wildman–Crippen LogP) is 3.79. The molecular formula is C18H23NO2. The van der Waals surface area contributed by atoms with Crippen molar-refractivity contribution in [2.45, 2.75) is 26.3 Å². The zero-order chi connectivity index (χ0) is 15.1. The Morgan fingerprint density at radius 1 is 1.05 bits per heavy atom. The molecule has 0 fully saturated rings. The van der Waals surface area contributed by atoms with Gasteiger partial charge in [0.15, 0.2) is 0 Å². The van der Waals surface area contributed by atoms with E-state index in [0.29, 0.717) is 13.0 Å². The molecule has 0 spiro atoms. The summed E-state index contributed by atoms with van der Waals surface area (Å²) in [6.45, 7) is 5.00. The Balaban J connectivity index is 1.98. The van der Waals surface area contributed by atoms with E-state index in [1.54, 1.807) is 0 Å². The lowest BCUT2D eigenvalue weighted by Gasteiger charge is -2.16. The monoisotopic (exact) mass is 285 g/mol. The van der Waals surface area contributed by atoms with Crippen LogP contribution in [0.15, 0.2) is 48.5 Å². The third-order valence-corrected chi connectivity index (χ3v) is 3.43. The van der Waals surface area contributed by atoms with E-state index < -0.39 is 0 Å². The lowest BCUT2D eigenvalue weighted by atomic mass is 10.1. The Hall–Kier alpha value is -2.00. The highest BCUT2D eigenvalue weighted by Gasteiger charge is 2.05. The highest BCUT2D eigenvalue weighted by Crippen LogP contribution is 2.22. The second kappa shape index (κ2) is 7.70. The van der Waals surface area contributed by atoms with Gasteiger partial charge in [0, 0.05) is 18.3 Å². The molecule has 2 aromatic carbocycles. The summed E-state index contributed by atoms with van der Waals surface area (Å²) in [4.78, 5) is 0. The van der Waals surface area contributed by atoms with Crippen molar-refractivity contribution in [3.63, 3.8) is 0 Å². The highest BCUT2D eigenvalue weighted by molar-refractivity contribution is 5.47. The number of rotatable bonds is 7. The van der Waals surface area contributed by atoms with Gasteiger partial charge in [0.25, 0.3) is 0 Å². The summed E-state index contributed by atoms with van der Waals surface area (Å²) in [5, 5.41) is 12.4. The summed E-state index contributed by atoms with van der Waals surface area (Å²) in [6, 6.07) is 16.6. The summed E-state index contributed by atoms with van der Waals surface area (Å²) in [5.41, 5.74) is 3.45. The molecule has 0 saturated carbocycles. The SMILES string of the molecule is CCOc1ccc(C(C)Nc2ccc(CCO)cc2)cc1. The van der Waals surface area contributed by atoms with Crippen LogP contribution in [0.4, 0.5) is 5.69 Å². The van der Waals surface area contributed by atoms with Gasteiger partial charge in [0.1, 0.15) is 5.75 Å². The predicted molar refractivity (Wildman–Crippen MR) is 86.9 cm³/mol. The molecule has 0 aliphatic rings. The Bertz CT molecular complexity index is 534. The van der Waals surface area contributed by atoms with Crippen molar-refractivity contribution in [2.24, 2.45) is 0 Å². The molecule has 2 rings (SSSR count). The standard InChI is InChI=1S/C18H23NO2/c1-3-21-18-10-6-16(7-11-18)14(2)19-17-8-4-15(5-9-17)12-13-20/h4-11,14,19-20H,3,12-13H2,1-2H3. The lowest BCUT2D eigenvalue weighted by molar-refractivity contribution is 0.299. The fourth-order valence-corrected chi connectivity index (χ4v) is 2.25. The van der Waals surface area contributed by atoms with Crippen LogP contribution in [-0.4, -0.2) is 18.3 Å². The molecule has 0 aliphatic heterocycles. The molecule has 3 nitrogen and oxygen atoms in total. The average molecular weight is 285 g/mol. The molecule has 0 radical (unpaired) electrons. The smallest absolute Gasteiger partial charge is 0.119 e. The van der Waals surface area contributed by atoms with Crippen LogP contribution >= 0.6 is 0 Å². The van der Waals surface area contributed by atoms with E-state index in [2.05, 4.69) is 36.5 Å². The van der Waals surface area contributed by atoms with Crippen LogP contribution in [0, 0.1) is 0 Å². The first-order valence-corrected chi connectivity index (χ1v) is 7.42. The van der Waals surface area contributed by atoms with Crippen molar-refractivity contribution in [1.82, 2.24) is 0 Å². The van der Waals surface area contributed by atoms with Crippen LogP contribution in [0.25, 0.3) is 0 Å². The lowest BCUT2D eigenvalue weighted by Crippen LogP contribution is -2.06. The minimum atomic E-state index is 0.190. The normalized spacial score (nSPS) is 12.0. The summed E-state index contributed by atoms with van der Waals surface area (Å²) in [7, 11) is 0. The fourth-order valence-electron chi connectivity index (χ4n) is 2.25. The third kappa shape index (κ3) is 4.50. The molecular weight excluding hydrogens is 262 g/mol. The summed E-state index contributed by atoms with van der Waals surface area (Å²) >= 11 is 0. The third-order valence-electron chi connectivity index (χ3n) is 3.43. The molecule has 0 aromatic heterocycles. The molecule has 2 N–H and O–H groups in total. The van der Waals surface area contributed by atoms with Gasteiger partial charge in [0.2, 0.25) is 0 Å². The largest absolute Gasteiger partial charge is 0.494 e. The maximum absolute atomic E-state index is 8.92. The second-order valence-electron chi connectivity index (χ2n) is 5.04. The number of benzene rings is 2. The molecule has 21 heavy (non-hydrogen) atoms. The number of hydrogen-bond acceptors (Lipinski definition) is 3. The van der Waals surface area contributed by atoms with E-state index >= 15 is 0 Å². The Morgan fingerprint density at radius 3 is 2.29 bits per heavy atom. The van der Waals surface area contributed by atoms with Gasteiger partial charge in [-0.3, -0.25) is 0 Å². The molecule has 0 aliphatic carbocycles. The molecule has 1 unspecified atom stereocenters. The molecule has 0 heterocycles. The number of ether oxygens (including phenoxy) is 1. The Morgan fingerprint density at radius 2 is 1.71 bits per heavy atom. The minimum absolute atomic E-state index is 0.190. The zero-order valence-electron chi connectivity index (χ0n) is 12.7. The average Bonchev–Trinajstić information content (AvgIpc) is 2.50. The van der Waals surface area contributed by atoms with Crippen LogP contribution < -0.4 is 10.1 Å². The quantitative estimate of drug-likeness (QED) is 0.813. The van der Waals surface area contributed by atoms with Gasteiger partial charge in [-0.05, 0) is 55.7 Å². The van der Waals surface area contributed by atoms with Gasteiger partial charge in [-0.15, -0.1) is 0 Å². The fraction of sp³-hybridized carbons (Fsp3) is 0.333. The van der Waals surface area contributed by atoms with Crippen LogP contribution in [0.1, 0.15) is 31.0 Å². The maximum Gasteiger partial charge on any atom is 0.119 e. The van der Waals surface area contributed by atoms with Crippen molar-refractivity contribution >= 4 is 5.69 Å². The van der Waals surface area contributed by atoms with Gasteiger partial charge in [-0.1, -0.05) is 24.3 Å². The van der Waals surface area contributed by atoms with E-state index in [4.69, 9.17) is 9.84 Å².